The molecule has 2 aliphatic rings. The molecule has 1 aromatic rings. The minimum Gasteiger partial charge on any atom is -0.497 e. The maximum absolute atomic E-state index is 13.7. The van der Waals surface area contributed by atoms with Gasteiger partial charge in [-0.05, 0) is 19.8 Å². The lowest BCUT2D eigenvalue weighted by Crippen LogP contribution is -2.70. The molecule has 9 nitrogen and oxygen atoms in total. The molecule has 0 unspecified atom stereocenters. The van der Waals surface area contributed by atoms with Crippen molar-refractivity contribution >= 4 is 27.5 Å². The van der Waals surface area contributed by atoms with E-state index in [-0.39, 0.29) is 25.0 Å². The summed E-state index contributed by atoms with van der Waals surface area (Å²) in [7, 11) is -0.677. The van der Waals surface area contributed by atoms with Crippen LogP contribution in [-0.4, -0.2) is 69.7 Å². The van der Waals surface area contributed by atoms with Gasteiger partial charge in [0, 0.05) is 30.8 Å². The highest BCUT2D eigenvalue weighted by Gasteiger charge is 2.50. The van der Waals surface area contributed by atoms with Gasteiger partial charge in [-0.15, -0.1) is 0 Å². The lowest BCUT2D eigenvalue weighted by molar-refractivity contribution is -0.133. The second kappa shape index (κ2) is 10.3. The van der Waals surface area contributed by atoms with Gasteiger partial charge in [0.15, 0.2) is 0 Å². The molecule has 10 heteroatoms. The molecule has 184 valence electrons. The van der Waals surface area contributed by atoms with Gasteiger partial charge in [0.25, 0.3) is 0 Å². The number of methoxy groups -OCH3 is 2. The molecule has 1 aliphatic carbocycles. The van der Waals surface area contributed by atoms with Crippen molar-refractivity contribution in [1.29, 1.82) is 0 Å². The molecule has 0 spiro atoms. The fraction of sp³-hybridized carbons (Fsp3) is 0.652. The molecule has 0 bridgehead atoms. The van der Waals surface area contributed by atoms with Crippen LogP contribution < -0.4 is 19.7 Å². The lowest BCUT2D eigenvalue weighted by atomic mass is 9.92. The van der Waals surface area contributed by atoms with Gasteiger partial charge in [0.1, 0.15) is 17.0 Å². The third-order valence-electron chi connectivity index (χ3n) is 6.53. The van der Waals surface area contributed by atoms with Crippen LogP contribution in [0.5, 0.6) is 11.5 Å². The average Bonchev–Trinajstić information content (AvgIpc) is 2.73. The molecule has 1 saturated heterocycles. The number of nitrogens with one attached hydrogen (secondary N) is 1. The minimum atomic E-state index is -3.68. The van der Waals surface area contributed by atoms with E-state index in [0.29, 0.717) is 17.2 Å². The average molecular weight is 482 g/mol. The summed E-state index contributed by atoms with van der Waals surface area (Å²) in [4.78, 5) is 28.4. The zero-order chi connectivity index (χ0) is 24.2. The van der Waals surface area contributed by atoms with Crippen molar-refractivity contribution in [2.75, 3.05) is 38.5 Å². The Morgan fingerprint density at radius 2 is 1.58 bits per heavy atom. The number of carbonyl (C=O) groups is 2. The number of sulfonamides is 1. The number of carbonyl (C=O) groups excluding carboxylic acids is 2. The number of hydrogen-bond donors (Lipinski definition) is 1. The Balaban J connectivity index is 2.00. The van der Waals surface area contributed by atoms with Crippen LogP contribution in [0, 0.1) is 0 Å². The highest BCUT2D eigenvalue weighted by Crippen LogP contribution is 2.36. The molecule has 33 heavy (non-hydrogen) atoms. The Kier molecular flexibility index (Phi) is 7.89. The van der Waals surface area contributed by atoms with Crippen molar-refractivity contribution < 1.29 is 27.5 Å². The number of benzene rings is 1. The highest BCUT2D eigenvalue weighted by atomic mass is 32.2. The molecule has 1 aliphatic heterocycles. The molecule has 1 atom stereocenters. The highest BCUT2D eigenvalue weighted by molar-refractivity contribution is 7.88. The van der Waals surface area contributed by atoms with E-state index in [4.69, 9.17) is 9.47 Å². The van der Waals surface area contributed by atoms with Gasteiger partial charge in [-0.3, -0.25) is 14.5 Å². The van der Waals surface area contributed by atoms with Gasteiger partial charge in [-0.2, -0.15) is 4.31 Å². The lowest BCUT2D eigenvalue weighted by Gasteiger charge is -2.47. The summed E-state index contributed by atoms with van der Waals surface area (Å²) < 4.78 is 36.5. The summed E-state index contributed by atoms with van der Waals surface area (Å²) in [6.07, 6.45) is 8.36. The van der Waals surface area contributed by atoms with Crippen molar-refractivity contribution in [3.05, 3.63) is 18.2 Å². The van der Waals surface area contributed by atoms with E-state index >= 15 is 0 Å². The van der Waals surface area contributed by atoms with Crippen molar-refractivity contribution in [2.45, 2.75) is 63.5 Å². The van der Waals surface area contributed by atoms with Gasteiger partial charge in [0.05, 0.1) is 32.7 Å². The van der Waals surface area contributed by atoms with E-state index in [1.807, 2.05) is 0 Å². The molecule has 0 aromatic heterocycles. The third-order valence-corrected chi connectivity index (χ3v) is 7.73. The van der Waals surface area contributed by atoms with E-state index < -0.39 is 21.5 Å². The maximum Gasteiger partial charge on any atom is 0.247 e. The van der Waals surface area contributed by atoms with Crippen molar-refractivity contribution in [1.82, 2.24) is 9.62 Å². The fourth-order valence-electron chi connectivity index (χ4n) is 4.67. The monoisotopic (exact) mass is 481 g/mol. The first-order valence-electron chi connectivity index (χ1n) is 11.4. The Morgan fingerprint density at radius 1 is 1.03 bits per heavy atom. The topological polar surface area (TPSA) is 105 Å². The van der Waals surface area contributed by atoms with E-state index in [9.17, 15) is 18.0 Å². The number of anilines is 1. The molecular weight excluding hydrogens is 446 g/mol. The first-order chi connectivity index (χ1) is 15.6. The Hall–Kier alpha value is -2.33. The SMILES string of the molecule is COc1cc(OC)cc(N2C(=O)CN(S(C)(=O)=O)C[C@]2(C)C(=O)NC2CCCCCCC2)c1. The third kappa shape index (κ3) is 5.78. The van der Waals surface area contributed by atoms with Gasteiger partial charge in [-0.1, -0.05) is 32.1 Å². The van der Waals surface area contributed by atoms with Crippen molar-refractivity contribution in [3.63, 3.8) is 0 Å². The Labute approximate surface area is 196 Å². The molecule has 1 aromatic carbocycles. The Morgan fingerprint density at radius 3 is 2.09 bits per heavy atom. The maximum atomic E-state index is 13.7. The normalized spacial score (nSPS) is 23.5. The van der Waals surface area contributed by atoms with Crippen LogP contribution in [0.3, 0.4) is 0 Å². The standard InChI is InChI=1S/C23H35N3O6S/c1-23(22(28)24-17-10-8-6-5-7-9-11-17)16-25(33(4,29)30)15-21(27)26(23)18-12-19(31-2)14-20(13-18)32-3/h12-14,17H,5-11,15-16H2,1-4H3,(H,24,28)/t23-/m1/s1. The van der Waals surface area contributed by atoms with Crippen LogP contribution in [-0.2, 0) is 19.6 Å². The van der Waals surface area contributed by atoms with Crippen LogP contribution in [0.25, 0.3) is 0 Å². The first kappa shape index (κ1) is 25.3. The zero-order valence-electron chi connectivity index (χ0n) is 19.9. The fourth-order valence-corrected chi connectivity index (χ4v) is 5.50. The van der Waals surface area contributed by atoms with E-state index in [2.05, 4.69) is 5.32 Å². The number of amides is 2. The second-order valence-electron chi connectivity index (χ2n) is 9.12. The molecular formula is C23H35N3O6S. The predicted octanol–water partition coefficient (Wildman–Crippen LogP) is 2.30. The number of piperazine rings is 1. The predicted molar refractivity (Wildman–Crippen MR) is 126 cm³/mol. The van der Waals surface area contributed by atoms with E-state index in [1.54, 1.807) is 25.1 Å². The summed E-state index contributed by atoms with van der Waals surface area (Å²) in [6, 6.07) is 4.97. The van der Waals surface area contributed by atoms with E-state index in [0.717, 1.165) is 49.1 Å². The smallest absolute Gasteiger partial charge is 0.247 e. The van der Waals surface area contributed by atoms with Crippen molar-refractivity contribution in [2.24, 2.45) is 0 Å². The van der Waals surface area contributed by atoms with Gasteiger partial charge in [-0.25, -0.2) is 8.42 Å². The molecule has 1 heterocycles. The molecule has 1 saturated carbocycles. The largest absolute Gasteiger partial charge is 0.497 e. The quantitative estimate of drug-likeness (QED) is 0.669. The molecule has 1 N–H and O–H groups in total. The van der Waals surface area contributed by atoms with Crippen LogP contribution >= 0.6 is 0 Å². The second-order valence-corrected chi connectivity index (χ2v) is 11.1. The summed E-state index contributed by atoms with van der Waals surface area (Å²) >= 11 is 0. The summed E-state index contributed by atoms with van der Waals surface area (Å²) in [5.74, 6) is 0.0739. The van der Waals surface area contributed by atoms with Gasteiger partial charge in [0.2, 0.25) is 21.8 Å². The van der Waals surface area contributed by atoms with Crippen LogP contribution in [0.2, 0.25) is 0 Å². The molecule has 2 amide bonds. The molecule has 2 fully saturated rings. The number of nitrogens with zero attached hydrogens (tertiary/aromatic N) is 2. The summed E-state index contributed by atoms with van der Waals surface area (Å²) in [6.45, 7) is 1.13. The van der Waals surface area contributed by atoms with Gasteiger partial charge < -0.3 is 14.8 Å². The number of hydrogen-bond acceptors (Lipinski definition) is 6. The van der Waals surface area contributed by atoms with Crippen LogP contribution in [0.4, 0.5) is 5.69 Å². The number of ether oxygens (including phenoxy) is 2. The summed E-state index contributed by atoms with van der Waals surface area (Å²) in [5, 5.41) is 3.13. The Bertz CT molecular complexity index is 952. The molecule has 3 rings (SSSR count). The van der Waals surface area contributed by atoms with Crippen LogP contribution in [0.1, 0.15) is 51.9 Å². The van der Waals surface area contributed by atoms with Crippen LogP contribution in [0.15, 0.2) is 18.2 Å². The van der Waals surface area contributed by atoms with Crippen molar-refractivity contribution in [3.8, 4) is 11.5 Å². The number of rotatable bonds is 6. The molecule has 0 radical (unpaired) electrons. The van der Waals surface area contributed by atoms with E-state index in [1.165, 1.54) is 25.5 Å². The zero-order valence-corrected chi connectivity index (χ0v) is 20.7. The summed E-state index contributed by atoms with van der Waals surface area (Å²) in [5.41, 5.74) is -1.03. The minimum absolute atomic E-state index is 0.0000304. The van der Waals surface area contributed by atoms with Gasteiger partial charge >= 0.3 is 0 Å². The first-order valence-corrected chi connectivity index (χ1v) is 13.3.